The molecular weight excluding hydrogens is 260 g/mol. The van der Waals surface area contributed by atoms with E-state index in [2.05, 4.69) is 42.3 Å². The van der Waals surface area contributed by atoms with Gasteiger partial charge >= 0.3 is 0 Å². The smallest absolute Gasteiger partial charge is 0.225 e. The maximum atomic E-state index is 12.0. The van der Waals surface area contributed by atoms with Crippen molar-refractivity contribution in [2.45, 2.75) is 52.1 Å². The number of carbonyl (C=O) groups excluding carboxylic acids is 1. The lowest BCUT2D eigenvalue weighted by atomic mass is 10.0. The van der Waals surface area contributed by atoms with E-state index in [4.69, 9.17) is 0 Å². The normalized spacial score (nSPS) is 19.8. The van der Waals surface area contributed by atoms with Crippen LogP contribution in [0.15, 0.2) is 18.2 Å². The molecule has 114 valence electrons. The summed E-state index contributed by atoms with van der Waals surface area (Å²) >= 11 is 0. The van der Waals surface area contributed by atoms with E-state index in [0.717, 1.165) is 45.3 Å². The number of nitrogens with one attached hydrogen (secondary N) is 1. The largest absolute Gasteiger partial charge is 0.342 e. The molecule has 3 heteroatoms. The molecule has 2 fully saturated rings. The Bertz CT molecular complexity index is 494. The summed E-state index contributed by atoms with van der Waals surface area (Å²) in [6, 6.07) is 7.28. The van der Waals surface area contributed by atoms with Gasteiger partial charge in [-0.1, -0.05) is 29.3 Å². The maximum absolute atomic E-state index is 12.0. The van der Waals surface area contributed by atoms with Crippen molar-refractivity contribution in [3.63, 3.8) is 0 Å². The van der Waals surface area contributed by atoms with Crippen molar-refractivity contribution in [2.24, 2.45) is 5.92 Å². The molecule has 3 rings (SSSR count). The molecule has 1 aromatic carbocycles. The van der Waals surface area contributed by atoms with Crippen molar-refractivity contribution in [2.75, 3.05) is 13.1 Å². The van der Waals surface area contributed by atoms with E-state index >= 15 is 0 Å². The lowest BCUT2D eigenvalue weighted by Gasteiger charge is -2.32. The van der Waals surface area contributed by atoms with Gasteiger partial charge in [-0.25, -0.2) is 0 Å². The third-order valence-corrected chi connectivity index (χ3v) is 4.61. The van der Waals surface area contributed by atoms with Crippen molar-refractivity contribution >= 4 is 5.91 Å². The summed E-state index contributed by atoms with van der Waals surface area (Å²) in [7, 11) is 0. The molecule has 0 atom stereocenters. The molecule has 0 bridgehead atoms. The van der Waals surface area contributed by atoms with Gasteiger partial charge in [0.05, 0.1) is 0 Å². The summed E-state index contributed by atoms with van der Waals surface area (Å²) in [6.45, 7) is 7.10. The molecule has 1 amide bonds. The second-order valence-electron chi connectivity index (χ2n) is 6.75. The Hall–Kier alpha value is -1.35. The lowest BCUT2D eigenvalue weighted by molar-refractivity contribution is -0.133. The first-order chi connectivity index (χ1) is 10.1. The number of likely N-dealkylation sites (tertiary alicyclic amines) is 1. The van der Waals surface area contributed by atoms with Crippen molar-refractivity contribution in [1.29, 1.82) is 0 Å². The van der Waals surface area contributed by atoms with Crippen LogP contribution in [0.5, 0.6) is 0 Å². The Labute approximate surface area is 127 Å². The van der Waals surface area contributed by atoms with Crippen LogP contribution >= 0.6 is 0 Å². The highest BCUT2D eigenvalue weighted by molar-refractivity contribution is 5.81. The van der Waals surface area contributed by atoms with Crippen LogP contribution in [0.25, 0.3) is 0 Å². The van der Waals surface area contributed by atoms with Crippen molar-refractivity contribution in [1.82, 2.24) is 10.2 Å². The summed E-state index contributed by atoms with van der Waals surface area (Å²) in [5, 5.41) is 3.66. The highest BCUT2D eigenvalue weighted by atomic mass is 16.2. The zero-order valence-corrected chi connectivity index (χ0v) is 13.2. The van der Waals surface area contributed by atoms with E-state index in [1.165, 1.54) is 16.7 Å². The molecule has 0 spiro atoms. The standard InChI is InChI=1S/C18H26N2O/c1-13-9-14(2)11-15(10-13)12-19-17-5-7-20(8-6-17)18(21)16-3-4-16/h9-11,16-17,19H,3-8,12H2,1-2H3. The minimum Gasteiger partial charge on any atom is -0.342 e. The Kier molecular flexibility index (Phi) is 4.29. The molecule has 21 heavy (non-hydrogen) atoms. The molecule has 0 aromatic heterocycles. The van der Waals surface area contributed by atoms with E-state index < -0.39 is 0 Å². The number of hydrogen-bond donors (Lipinski definition) is 1. The molecule has 1 saturated heterocycles. The summed E-state index contributed by atoms with van der Waals surface area (Å²) in [5.74, 6) is 0.771. The third kappa shape index (κ3) is 3.85. The van der Waals surface area contributed by atoms with Gasteiger partial charge < -0.3 is 10.2 Å². The zero-order valence-electron chi connectivity index (χ0n) is 13.2. The van der Waals surface area contributed by atoms with Gasteiger partial charge in [0.15, 0.2) is 0 Å². The summed E-state index contributed by atoms with van der Waals surface area (Å²) in [4.78, 5) is 14.1. The van der Waals surface area contributed by atoms with Gasteiger partial charge in [0.25, 0.3) is 0 Å². The van der Waals surface area contributed by atoms with Crippen LogP contribution in [0.2, 0.25) is 0 Å². The maximum Gasteiger partial charge on any atom is 0.225 e. The molecule has 0 radical (unpaired) electrons. The Morgan fingerprint density at radius 1 is 1.10 bits per heavy atom. The highest BCUT2D eigenvalue weighted by Crippen LogP contribution is 2.31. The Morgan fingerprint density at radius 3 is 2.29 bits per heavy atom. The molecule has 1 aliphatic carbocycles. The number of benzene rings is 1. The quantitative estimate of drug-likeness (QED) is 0.923. The van der Waals surface area contributed by atoms with Gasteiger partial charge in [-0.2, -0.15) is 0 Å². The summed E-state index contributed by atoms with van der Waals surface area (Å²) in [5.41, 5.74) is 4.03. The van der Waals surface area contributed by atoms with Crippen LogP contribution in [0.3, 0.4) is 0 Å². The fourth-order valence-electron chi connectivity index (χ4n) is 3.33. The number of aryl methyl sites for hydroxylation is 2. The molecule has 1 aliphatic heterocycles. The molecule has 2 aliphatic rings. The molecular formula is C18H26N2O. The number of rotatable bonds is 4. The van der Waals surface area contributed by atoms with E-state index in [1.807, 2.05) is 0 Å². The van der Waals surface area contributed by atoms with Gasteiger partial charge in [0.1, 0.15) is 0 Å². The minimum atomic E-state index is 0.366. The SMILES string of the molecule is Cc1cc(C)cc(CNC2CCN(C(=O)C3CC3)CC2)c1. The fraction of sp³-hybridized carbons (Fsp3) is 0.611. The number of nitrogens with zero attached hydrogens (tertiary/aromatic N) is 1. The van der Waals surface area contributed by atoms with Gasteiger partial charge in [0, 0.05) is 31.6 Å². The van der Waals surface area contributed by atoms with Gasteiger partial charge in [-0.15, -0.1) is 0 Å². The van der Waals surface area contributed by atoms with E-state index in [0.29, 0.717) is 17.9 Å². The average molecular weight is 286 g/mol. The molecule has 0 unspecified atom stereocenters. The summed E-state index contributed by atoms with van der Waals surface area (Å²) in [6.07, 6.45) is 4.40. The van der Waals surface area contributed by atoms with Gasteiger partial charge in [-0.3, -0.25) is 4.79 Å². The highest BCUT2D eigenvalue weighted by Gasteiger charge is 2.34. The number of amides is 1. The first kappa shape index (κ1) is 14.6. The Morgan fingerprint density at radius 2 is 1.71 bits per heavy atom. The predicted molar refractivity (Wildman–Crippen MR) is 85.1 cm³/mol. The third-order valence-electron chi connectivity index (χ3n) is 4.61. The minimum absolute atomic E-state index is 0.366. The number of carbonyl (C=O) groups is 1. The molecule has 3 nitrogen and oxygen atoms in total. The lowest BCUT2D eigenvalue weighted by Crippen LogP contribution is -2.45. The van der Waals surface area contributed by atoms with Crippen LogP contribution < -0.4 is 5.32 Å². The first-order valence-electron chi connectivity index (χ1n) is 8.21. The monoisotopic (exact) mass is 286 g/mol. The topological polar surface area (TPSA) is 32.3 Å². The molecule has 1 saturated carbocycles. The fourth-order valence-corrected chi connectivity index (χ4v) is 3.33. The van der Waals surface area contributed by atoms with E-state index in [1.54, 1.807) is 0 Å². The zero-order chi connectivity index (χ0) is 14.8. The number of piperidine rings is 1. The average Bonchev–Trinajstić information content (AvgIpc) is 3.28. The molecule has 1 heterocycles. The van der Waals surface area contributed by atoms with Crippen LogP contribution in [-0.2, 0) is 11.3 Å². The predicted octanol–water partition coefficient (Wildman–Crippen LogP) is 2.79. The van der Waals surface area contributed by atoms with Gasteiger partial charge in [-0.05, 0) is 45.1 Å². The van der Waals surface area contributed by atoms with Crippen LogP contribution in [-0.4, -0.2) is 29.9 Å². The Balaban J connectivity index is 1.45. The van der Waals surface area contributed by atoms with E-state index in [9.17, 15) is 4.79 Å². The van der Waals surface area contributed by atoms with Crippen molar-refractivity contribution in [3.8, 4) is 0 Å². The second-order valence-corrected chi connectivity index (χ2v) is 6.75. The van der Waals surface area contributed by atoms with Crippen LogP contribution in [0.1, 0.15) is 42.4 Å². The first-order valence-corrected chi connectivity index (χ1v) is 8.21. The van der Waals surface area contributed by atoms with Crippen molar-refractivity contribution in [3.05, 3.63) is 34.9 Å². The van der Waals surface area contributed by atoms with E-state index in [-0.39, 0.29) is 0 Å². The second kappa shape index (κ2) is 6.18. The van der Waals surface area contributed by atoms with Crippen molar-refractivity contribution < 1.29 is 4.79 Å². The van der Waals surface area contributed by atoms with Gasteiger partial charge in [0.2, 0.25) is 5.91 Å². The van der Waals surface area contributed by atoms with Crippen LogP contribution in [0.4, 0.5) is 0 Å². The molecule has 1 N–H and O–H groups in total. The summed E-state index contributed by atoms with van der Waals surface area (Å²) < 4.78 is 0. The van der Waals surface area contributed by atoms with Crippen LogP contribution in [0, 0.1) is 19.8 Å². The molecule has 1 aromatic rings. The number of hydrogen-bond acceptors (Lipinski definition) is 2.